The van der Waals surface area contributed by atoms with Crippen molar-refractivity contribution in [1.82, 2.24) is 0 Å². The Bertz CT molecular complexity index is 1640. The lowest BCUT2D eigenvalue weighted by atomic mass is 9.82. The van der Waals surface area contributed by atoms with Crippen molar-refractivity contribution in [1.29, 1.82) is 0 Å². The third-order valence-electron chi connectivity index (χ3n) is 7.33. The van der Waals surface area contributed by atoms with Crippen molar-refractivity contribution >= 4 is 46.5 Å². The Morgan fingerprint density at radius 2 is 1.57 bits per heavy atom. The Morgan fingerprint density at radius 1 is 0.929 bits per heavy atom. The number of hydrogen-bond acceptors (Lipinski definition) is 8. The molecule has 1 saturated heterocycles. The zero-order valence-electron chi connectivity index (χ0n) is 22.4. The van der Waals surface area contributed by atoms with E-state index in [1.54, 1.807) is 18.2 Å². The van der Waals surface area contributed by atoms with E-state index in [1.807, 2.05) is 13.0 Å². The van der Waals surface area contributed by atoms with Crippen LogP contribution in [-0.2, 0) is 14.3 Å². The maximum atomic E-state index is 13.2. The lowest BCUT2D eigenvalue weighted by Gasteiger charge is -2.19. The molecular weight excluding hydrogens is 542 g/mol. The highest BCUT2D eigenvalue weighted by atomic mass is 16.6. The van der Waals surface area contributed by atoms with E-state index < -0.39 is 41.0 Å². The van der Waals surface area contributed by atoms with Crippen LogP contribution in [0.15, 0.2) is 84.4 Å². The number of amides is 3. The molecule has 0 saturated carbocycles. The molecule has 11 heteroatoms. The lowest BCUT2D eigenvalue weighted by molar-refractivity contribution is -0.384. The number of imide groups is 1. The number of fused-ring (bicyclic) bond motifs is 1. The molecule has 2 aliphatic rings. The molecule has 3 aromatic rings. The van der Waals surface area contributed by atoms with Gasteiger partial charge in [0.1, 0.15) is 0 Å². The van der Waals surface area contributed by atoms with Crippen molar-refractivity contribution in [2.24, 2.45) is 11.8 Å². The van der Waals surface area contributed by atoms with Gasteiger partial charge in [-0.15, -0.1) is 0 Å². The molecule has 3 amide bonds. The Kier molecular flexibility index (Phi) is 7.74. The maximum absolute atomic E-state index is 13.2. The highest BCUT2D eigenvalue weighted by Crippen LogP contribution is 2.40. The molecule has 42 heavy (non-hydrogen) atoms. The molecule has 3 aromatic carbocycles. The van der Waals surface area contributed by atoms with E-state index in [2.05, 4.69) is 5.32 Å². The van der Waals surface area contributed by atoms with Crippen molar-refractivity contribution in [2.75, 3.05) is 16.8 Å². The minimum Gasteiger partial charge on any atom is -0.454 e. The summed E-state index contributed by atoms with van der Waals surface area (Å²) in [6.07, 6.45) is 2.98. The number of nitro groups is 1. The van der Waals surface area contributed by atoms with Crippen molar-refractivity contribution < 1.29 is 33.6 Å². The standard InChI is InChI=1S/C31H25N3O8/c1-18-6-15-23-25(16-18)30(38)33(29(23)37)26-5-3-2-4-24(26)28(36)32-21-11-7-20(8-12-21)31(39)42-17-27(35)19-9-13-22(14-10-19)34(40)41/h2-14,23,25H,15-17H2,1H3,(H,32,36)/t23-,25-/m1/s1. The monoisotopic (exact) mass is 567 g/mol. The van der Waals surface area contributed by atoms with Crippen LogP contribution in [0, 0.1) is 22.0 Å². The van der Waals surface area contributed by atoms with Gasteiger partial charge in [0.2, 0.25) is 11.8 Å². The van der Waals surface area contributed by atoms with Gasteiger partial charge in [0, 0.05) is 23.4 Å². The molecule has 1 aliphatic heterocycles. The van der Waals surface area contributed by atoms with Crippen LogP contribution >= 0.6 is 0 Å². The minimum absolute atomic E-state index is 0.129. The predicted octanol–water partition coefficient (Wildman–Crippen LogP) is 4.73. The van der Waals surface area contributed by atoms with Gasteiger partial charge in [-0.3, -0.25) is 29.3 Å². The van der Waals surface area contributed by atoms with E-state index in [0.717, 1.165) is 10.5 Å². The number of anilines is 2. The van der Waals surface area contributed by atoms with Crippen LogP contribution in [0.3, 0.4) is 0 Å². The number of ether oxygens (including phenoxy) is 1. The number of nitrogens with zero attached hydrogens (tertiary/aromatic N) is 2. The zero-order chi connectivity index (χ0) is 30.0. The number of benzene rings is 3. The van der Waals surface area contributed by atoms with Gasteiger partial charge in [0.15, 0.2) is 12.4 Å². The second-order valence-electron chi connectivity index (χ2n) is 10.1. The number of non-ortho nitro benzene ring substituents is 1. The molecule has 5 rings (SSSR count). The molecule has 0 spiro atoms. The number of para-hydroxylation sites is 1. The van der Waals surface area contributed by atoms with Crippen molar-refractivity contribution in [3.8, 4) is 0 Å². The first-order valence-corrected chi connectivity index (χ1v) is 13.1. The van der Waals surface area contributed by atoms with Crippen LogP contribution in [0.1, 0.15) is 50.8 Å². The first kappa shape index (κ1) is 28.1. The van der Waals surface area contributed by atoms with Gasteiger partial charge in [0.25, 0.3) is 11.6 Å². The topological polar surface area (TPSA) is 153 Å². The number of rotatable bonds is 8. The molecular formula is C31H25N3O8. The third kappa shape index (κ3) is 5.57. The van der Waals surface area contributed by atoms with Gasteiger partial charge >= 0.3 is 5.97 Å². The molecule has 1 heterocycles. The van der Waals surface area contributed by atoms with Gasteiger partial charge in [-0.2, -0.15) is 0 Å². The summed E-state index contributed by atoms with van der Waals surface area (Å²) in [6.45, 7) is 1.38. The summed E-state index contributed by atoms with van der Waals surface area (Å²) in [4.78, 5) is 75.6. The van der Waals surface area contributed by atoms with E-state index >= 15 is 0 Å². The van der Waals surface area contributed by atoms with Gasteiger partial charge < -0.3 is 10.1 Å². The van der Waals surface area contributed by atoms with E-state index in [0.29, 0.717) is 18.5 Å². The number of carbonyl (C=O) groups excluding carboxylic acids is 5. The molecule has 0 radical (unpaired) electrons. The maximum Gasteiger partial charge on any atom is 0.338 e. The molecule has 212 valence electrons. The average Bonchev–Trinajstić information content (AvgIpc) is 3.24. The highest BCUT2D eigenvalue weighted by molar-refractivity contribution is 6.25. The number of nitrogens with one attached hydrogen (secondary N) is 1. The summed E-state index contributed by atoms with van der Waals surface area (Å²) in [7, 11) is 0. The van der Waals surface area contributed by atoms with E-state index in [1.165, 1.54) is 54.6 Å². The Balaban J connectivity index is 1.22. The van der Waals surface area contributed by atoms with E-state index in [4.69, 9.17) is 4.74 Å². The number of nitro benzene ring substituents is 1. The van der Waals surface area contributed by atoms with E-state index in [-0.39, 0.29) is 39.9 Å². The third-order valence-corrected chi connectivity index (χ3v) is 7.33. The summed E-state index contributed by atoms with van der Waals surface area (Å²) in [5.74, 6) is -3.34. The molecule has 0 unspecified atom stereocenters. The second kappa shape index (κ2) is 11.6. The number of ketones is 1. The smallest absolute Gasteiger partial charge is 0.338 e. The van der Waals surface area contributed by atoms with Gasteiger partial charge in [-0.05, 0) is 68.3 Å². The quantitative estimate of drug-likeness (QED) is 0.102. The van der Waals surface area contributed by atoms with Crippen molar-refractivity contribution in [3.05, 3.63) is 111 Å². The Hall–Kier alpha value is -5.45. The SMILES string of the molecule is CC1=CC[C@H]2C(=O)N(c3ccccc3C(=O)Nc3ccc(C(=O)OCC(=O)c4ccc([N+](=O)[O-])cc4)cc3)C(=O)[C@@H]2C1. The van der Waals surface area contributed by atoms with E-state index in [9.17, 15) is 34.1 Å². The summed E-state index contributed by atoms with van der Waals surface area (Å²) in [6, 6.07) is 17.1. The summed E-state index contributed by atoms with van der Waals surface area (Å²) < 4.78 is 5.07. The highest BCUT2D eigenvalue weighted by Gasteiger charge is 2.49. The largest absolute Gasteiger partial charge is 0.454 e. The first-order chi connectivity index (χ1) is 20.1. The fourth-order valence-corrected chi connectivity index (χ4v) is 5.09. The van der Waals surface area contributed by atoms with Gasteiger partial charge in [-0.1, -0.05) is 23.8 Å². The van der Waals surface area contributed by atoms with Crippen LogP contribution in [0.2, 0.25) is 0 Å². The van der Waals surface area contributed by atoms with Crippen LogP contribution in [-0.4, -0.2) is 41.0 Å². The van der Waals surface area contributed by atoms with Crippen molar-refractivity contribution in [3.63, 3.8) is 0 Å². The average molecular weight is 568 g/mol. The molecule has 1 fully saturated rings. The molecule has 1 aliphatic carbocycles. The number of carbonyl (C=O) groups is 5. The van der Waals surface area contributed by atoms with Crippen LogP contribution in [0.5, 0.6) is 0 Å². The van der Waals surface area contributed by atoms with Gasteiger partial charge in [0.05, 0.1) is 33.6 Å². The molecule has 0 aromatic heterocycles. The lowest BCUT2D eigenvalue weighted by Crippen LogP contribution is -2.33. The van der Waals surface area contributed by atoms with Gasteiger partial charge in [-0.25, -0.2) is 9.69 Å². The number of Topliss-reactive ketones (excluding diaryl/α,β-unsaturated/α-hetero) is 1. The fourth-order valence-electron chi connectivity index (χ4n) is 5.09. The van der Waals surface area contributed by atoms with Crippen LogP contribution < -0.4 is 10.2 Å². The predicted molar refractivity (Wildman–Crippen MR) is 151 cm³/mol. The Labute approximate surface area is 239 Å². The Morgan fingerprint density at radius 3 is 2.26 bits per heavy atom. The number of hydrogen-bond donors (Lipinski definition) is 1. The summed E-state index contributed by atoms with van der Waals surface area (Å²) in [5.41, 5.74) is 1.90. The number of allylic oxidation sites excluding steroid dienone is 2. The van der Waals surface area contributed by atoms with Crippen LogP contribution in [0.4, 0.5) is 17.1 Å². The first-order valence-electron chi connectivity index (χ1n) is 13.1. The minimum atomic E-state index is -0.772. The summed E-state index contributed by atoms with van der Waals surface area (Å²) in [5, 5.41) is 13.5. The van der Waals surface area contributed by atoms with Crippen molar-refractivity contribution in [2.45, 2.75) is 19.8 Å². The molecule has 0 bridgehead atoms. The number of esters is 1. The van der Waals surface area contributed by atoms with Crippen LogP contribution in [0.25, 0.3) is 0 Å². The fraction of sp³-hybridized carbons (Fsp3) is 0.194. The normalized spacial score (nSPS) is 17.7. The zero-order valence-corrected chi connectivity index (χ0v) is 22.4. The second-order valence-corrected chi connectivity index (χ2v) is 10.1. The molecule has 1 N–H and O–H groups in total. The summed E-state index contributed by atoms with van der Waals surface area (Å²) >= 11 is 0. The molecule has 2 atom stereocenters. The molecule has 11 nitrogen and oxygen atoms in total.